The highest BCUT2D eigenvalue weighted by Gasteiger charge is 2.34. The fourth-order valence-corrected chi connectivity index (χ4v) is 2.13. The second kappa shape index (κ2) is 5.92. The fraction of sp³-hybridized carbons (Fsp3) is 0.769. The standard InChI is InChI=1S/C13H20O2/c1-2-3-6-9-12(14)13(15)10-7-4-5-8-11-13/h15H,4-11H2,1H3. The van der Waals surface area contributed by atoms with Gasteiger partial charge in [-0.2, -0.15) is 0 Å². The van der Waals surface area contributed by atoms with Crippen molar-refractivity contribution in [2.75, 3.05) is 0 Å². The SMILES string of the molecule is CC#CCCC(=O)C1(O)CCCCCC1. The summed E-state index contributed by atoms with van der Waals surface area (Å²) >= 11 is 0. The molecule has 0 spiro atoms. The Morgan fingerprint density at radius 1 is 1.27 bits per heavy atom. The van der Waals surface area contributed by atoms with E-state index in [0.717, 1.165) is 25.7 Å². The number of rotatable bonds is 3. The van der Waals surface area contributed by atoms with Gasteiger partial charge in [-0.15, -0.1) is 11.8 Å². The minimum absolute atomic E-state index is 0.00727. The fourth-order valence-electron chi connectivity index (χ4n) is 2.13. The number of Topliss-reactive ketones (excluding diaryl/α,β-unsaturated/α-hetero) is 1. The number of carbonyl (C=O) groups excluding carboxylic acids is 1. The Bertz CT molecular complexity index is 262. The molecule has 1 N–H and O–H groups in total. The van der Waals surface area contributed by atoms with Crippen LogP contribution in [0.2, 0.25) is 0 Å². The summed E-state index contributed by atoms with van der Waals surface area (Å²) in [5.74, 6) is 5.63. The van der Waals surface area contributed by atoms with E-state index in [1.165, 1.54) is 0 Å². The highest BCUT2D eigenvalue weighted by atomic mass is 16.3. The molecular formula is C13H20O2. The first-order valence-corrected chi connectivity index (χ1v) is 5.84. The zero-order chi connectivity index (χ0) is 11.1. The van der Waals surface area contributed by atoms with Gasteiger partial charge in [-0.3, -0.25) is 4.79 Å². The molecule has 0 aromatic heterocycles. The first-order chi connectivity index (χ1) is 7.19. The summed E-state index contributed by atoms with van der Waals surface area (Å²) in [6.45, 7) is 1.77. The maximum Gasteiger partial charge on any atom is 0.165 e. The first kappa shape index (κ1) is 12.3. The number of aliphatic hydroxyl groups is 1. The van der Waals surface area contributed by atoms with E-state index < -0.39 is 5.60 Å². The van der Waals surface area contributed by atoms with E-state index in [0.29, 0.717) is 25.7 Å². The van der Waals surface area contributed by atoms with Crippen LogP contribution in [-0.2, 0) is 4.79 Å². The van der Waals surface area contributed by atoms with Crippen molar-refractivity contribution in [2.24, 2.45) is 0 Å². The average Bonchev–Trinajstić information content (AvgIpc) is 2.44. The molecule has 0 saturated heterocycles. The van der Waals surface area contributed by atoms with Crippen LogP contribution in [0.4, 0.5) is 0 Å². The largest absolute Gasteiger partial charge is 0.382 e. The summed E-state index contributed by atoms with van der Waals surface area (Å²) in [4.78, 5) is 11.8. The molecule has 84 valence electrons. The molecule has 1 aliphatic rings. The Morgan fingerprint density at radius 3 is 2.40 bits per heavy atom. The van der Waals surface area contributed by atoms with Gasteiger partial charge in [0.2, 0.25) is 0 Å². The molecule has 1 rings (SSSR count). The molecule has 1 saturated carbocycles. The summed E-state index contributed by atoms with van der Waals surface area (Å²) in [6.07, 6.45) is 6.50. The summed E-state index contributed by atoms with van der Waals surface area (Å²) in [6, 6.07) is 0. The van der Waals surface area contributed by atoms with E-state index in [1.807, 2.05) is 0 Å². The van der Waals surface area contributed by atoms with Crippen molar-refractivity contribution in [3.8, 4) is 11.8 Å². The van der Waals surface area contributed by atoms with E-state index in [4.69, 9.17) is 0 Å². The van der Waals surface area contributed by atoms with Crippen LogP contribution in [0.15, 0.2) is 0 Å². The smallest absolute Gasteiger partial charge is 0.165 e. The van der Waals surface area contributed by atoms with Gasteiger partial charge in [0.25, 0.3) is 0 Å². The van der Waals surface area contributed by atoms with Gasteiger partial charge in [-0.1, -0.05) is 25.7 Å². The first-order valence-electron chi connectivity index (χ1n) is 5.84. The van der Waals surface area contributed by atoms with Gasteiger partial charge in [0.15, 0.2) is 5.78 Å². The molecule has 0 heterocycles. The van der Waals surface area contributed by atoms with Gasteiger partial charge in [-0.25, -0.2) is 0 Å². The Hall–Kier alpha value is -0.810. The maximum absolute atomic E-state index is 11.8. The molecule has 0 aliphatic heterocycles. The molecule has 0 aromatic rings. The van der Waals surface area contributed by atoms with E-state index in [-0.39, 0.29) is 5.78 Å². The molecular weight excluding hydrogens is 188 g/mol. The predicted molar refractivity (Wildman–Crippen MR) is 60.3 cm³/mol. The van der Waals surface area contributed by atoms with Crippen molar-refractivity contribution in [3.63, 3.8) is 0 Å². The van der Waals surface area contributed by atoms with Crippen molar-refractivity contribution in [1.29, 1.82) is 0 Å². The summed E-state index contributed by atoms with van der Waals surface area (Å²) in [7, 11) is 0. The molecule has 0 bridgehead atoms. The second-order valence-corrected chi connectivity index (χ2v) is 4.30. The third-order valence-corrected chi connectivity index (χ3v) is 3.10. The maximum atomic E-state index is 11.8. The van der Waals surface area contributed by atoms with Crippen molar-refractivity contribution in [2.45, 2.75) is 63.9 Å². The lowest BCUT2D eigenvalue weighted by atomic mass is 9.87. The molecule has 0 unspecified atom stereocenters. The Labute approximate surface area is 92.1 Å². The van der Waals surface area contributed by atoms with Crippen LogP contribution in [0.5, 0.6) is 0 Å². The van der Waals surface area contributed by atoms with E-state index in [9.17, 15) is 9.90 Å². The summed E-state index contributed by atoms with van der Waals surface area (Å²) in [5.41, 5.74) is -1.04. The van der Waals surface area contributed by atoms with Gasteiger partial charge < -0.3 is 5.11 Å². The van der Waals surface area contributed by atoms with Gasteiger partial charge in [-0.05, 0) is 19.8 Å². The minimum atomic E-state index is -1.04. The number of carbonyl (C=O) groups is 1. The molecule has 1 fully saturated rings. The van der Waals surface area contributed by atoms with Crippen molar-refractivity contribution in [3.05, 3.63) is 0 Å². The molecule has 2 heteroatoms. The van der Waals surface area contributed by atoms with Crippen LogP contribution in [0.3, 0.4) is 0 Å². The van der Waals surface area contributed by atoms with Crippen LogP contribution in [0, 0.1) is 11.8 Å². The Morgan fingerprint density at radius 2 is 1.87 bits per heavy atom. The molecule has 0 aromatic carbocycles. The van der Waals surface area contributed by atoms with Crippen LogP contribution in [0.1, 0.15) is 58.3 Å². The topological polar surface area (TPSA) is 37.3 Å². The van der Waals surface area contributed by atoms with Crippen molar-refractivity contribution < 1.29 is 9.90 Å². The quantitative estimate of drug-likeness (QED) is 0.571. The van der Waals surface area contributed by atoms with Crippen LogP contribution >= 0.6 is 0 Å². The zero-order valence-electron chi connectivity index (χ0n) is 9.51. The number of hydrogen-bond donors (Lipinski definition) is 1. The highest BCUT2D eigenvalue weighted by Crippen LogP contribution is 2.28. The van der Waals surface area contributed by atoms with E-state index in [2.05, 4.69) is 11.8 Å². The zero-order valence-corrected chi connectivity index (χ0v) is 9.51. The lowest BCUT2D eigenvalue weighted by Gasteiger charge is -2.24. The highest BCUT2D eigenvalue weighted by molar-refractivity contribution is 5.87. The Balaban J connectivity index is 2.49. The lowest BCUT2D eigenvalue weighted by Crippen LogP contribution is -2.37. The predicted octanol–water partition coefficient (Wildman–Crippen LogP) is 2.44. The molecule has 0 atom stereocenters. The van der Waals surface area contributed by atoms with Crippen molar-refractivity contribution >= 4 is 5.78 Å². The molecule has 2 nitrogen and oxygen atoms in total. The average molecular weight is 208 g/mol. The minimum Gasteiger partial charge on any atom is -0.382 e. The molecule has 15 heavy (non-hydrogen) atoms. The van der Waals surface area contributed by atoms with Gasteiger partial charge >= 0.3 is 0 Å². The van der Waals surface area contributed by atoms with Gasteiger partial charge in [0.05, 0.1) is 0 Å². The molecule has 0 amide bonds. The van der Waals surface area contributed by atoms with Crippen LogP contribution in [-0.4, -0.2) is 16.5 Å². The third kappa shape index (κ3) is 3.68. The lowest BCUT2D eigenvalue weighted by molar-refractivity contribution is -0.138. The Kier molecular flexibility index (Phi) is 4.84. The van der Waals surface area contributed by atoms with Crippen LogP contribution < -0.4 is 0 Å². The van der Waals surface area contributed by atoms with E-state index >= 15 is 0 Å². The number of ketones is 1. The molecule has 0 radical (unpaired) electrons. The summed E-state index contributed by atoms with van der Waals surface area (Å²) in [5, 5.41) is 10.2. The van der Waals surface area contributed by atoms with Crippen molar-refractivity contribution in [1.82, 2.24) is 0 Å². The normalized spacial score (nSPS) is 19.9. The molecule has 1 aliphatic carbocycles. The monoisotopic (exact) mass is 208 g/mol. The van der Waals surface area contributed by atoms with Crippen LogP contribution in [0.25, 0.3) is 0 Å². The van der Waals surface area contributed by atoms with E-state index in [1.54, 1.807) is 6.92 Å². The second-order valence-electron chi connectivity index (χ2n) is 4.30. The third-order valence-electron chi connectivity index (χ3n) is 3.10. The van der Waals surface area contributed by atoms with Gasteiger partial charge in [0.1, 0.15) is 5.60 Å². The van der Waals surface area contributed by atoms with Gasteiger partial charge in [0, 0.05) is 12.8 Å². The number of hydrogen-bond acceptors (Lipinski definition) is 2. The summed E-state index contributed by atoms with van der Waals surface area (Å²) < 4.78 is 0.